The van der Waals surface area contributed by atoms with Gasteiger partial charge in [0, 0.05) is 7.11 Å². The minimum atomic E-state index is -5.32. The average molecular weight is 452 g/mol. The Labute approximate surface area is 153 Å². The fourth-order valence-corrected chi connectivity index (χ4v) is 3.33. The van der Waals surface area contributed by atoms with Crippen LogP contribution < -0.4 is 0 Å². The Hall–Kier alpha value is -0.453. The fraction of sp³-hybridized carbons (Fsp3) is 1.00. The third-order valence-electron chi connectivity index (χ3n) is 2.98. The van der Waals surface area contributed by atoms with Gasteiger partial charge in [-0.15, -0.1) is 0 Å². The molecular formula is C12H22F6O7SSi. The van der Waals surface area contributed by atoms with E-state index in [1.807, 2.05) is 13.1 Å². The maximum atomic E-state index is 13.3. The zero-order chi connectivity index (χ0) is 21.6. The van der Waals surface area contributed by atoms with Gasteiger partial charge in [-0.1, -0.05) is 0 Å². The molecule has 0 heterocycles. The summed E-state index contributed by atoms with van der Waals surface area (Å²) < 4.78 is 124. The smallest absolute Gasteiger partial charge is 0.383 e. The van der Waals surface area contributed by atoms with Gasteiger partial charge in [0.25, 0.3) is 10.1 Å². The van der Waals surface area contributed by atoms with Crippen molar-refractivity contribution < 1.29 is 57.9 Å². The van der Waals surface area contributed by atoms with E-state index in [-0.39, 0.29) is 6.42 Å². The van der Waals surface area contributed by atoms with Gasteiger partial charge in [-0.05, 0) is 25.6 Å². The Morgan fingerprint density at radius 2 is 1.48 bits per heavy atom. The van der Waals surface area contributed by atoms with Crippen LogP contribution in [0.5, 0.6) is 0 Å². The molecule has 15 heteroatoms. The van der Waals surface area contributed by atoms with Crippen molar-refractivity contribution in [1.29, 1.82) is 0 Å². The topological polar surface area (TPSA) is 91.3 Å². The molecule has 0 aromatic rings. The zero-order valence-electron chi connectivity index (χ0n) is 14.8. The first-order valence-electron chi connectivity index (χ1n) is 7.44. The summed E-state index contributed by atoms with van der Waals surface area (Å²) in [4.78, 5) is 0. The van der Waals surface area contributed by atoms with Gasteiger partial charge in [-0.25, -0.2) is 0 Å². The van der Waals surface area contributed by atoms with Crippen molar-refractivity contribution in [1.82, 2.24) is 0 Å². The average Bonchev–Trinajstić information content (AvgIpc) is 2.39. The molecule has 0 saturated heterocycles. The lowest BCUT2D eigenvalue weighted by atomic mass is 10.5. The molecule has 0 fully saturated rings. The van der Waals surface area contributed by atoms with Crippen LogP contribution in [0.1, 0.15) is 6.42 Å². The van der Waals surface area contributed by atoms with E-state index in [1.54, 1.807) is 0 Å². The molecular weight excluding hydrogens is 430 g/mol. The van der Waals surface area contributed by atoms with Crippen LogP contribution in [-0.4, -0.2) is 72.3 Å². The van der Waals surface area contributed by atoms with Crippen molar-refractivity contribution in [2.24, 2.45) is 0 Å². The van der Waals surface area contributed by atoms with Gasteiger partial charge in [0.15, 0.2) is 14.1 Å². The predicted octanol–water partition coefficient (Wildman–Crippen LogP) is 2.94. The molecule has 27 heavy (non-hydrogen) atoms. The SMILES string of the molecule is CO[Si](C)(C)CCCOC(F)(F)COCC(F)(F)OC(F)(F)CS(=O)(=O)O. The summed E-state index contributed by atoms with van der Waals surface area (Å²) in [5.41, 5.74) is 0. The lowest BCUT2D eigenvalue weighted by Crippen LogP contribution is -2.41. The molecule has 0 rings (SSSR count). The predicted molar refractivity (Wildman–Crippen MR) is 83.0 cm³/mol. The lowest BCUT2D eigenvalue weighted by molar-refractivity contribution is -0.381. The van der Waals surface area contributed by atoms with E-state index in [9.17, 15) is 34.8 Å². The molecule has 0 aromatic carbocycles. The number of alkyl halides is 6. The Kier molecular flexibility index (Phi) is 9.68. The second-order valence-electron chi connectivity index (χ2n) is 6.15. The molecule has 0 bridgehead atoms. The third-order valence-corrected chi connectivity index (χ3v) is 6.34. The minimum absolute atomic E-state index is 0.226. The number of rotatable bonds is 14. The standard InChI is InChI=1S/C12H22F6O7SSi/c1-22-27(2,3)6-4-5-24-10(13,14)7-23-8-11(15,16)25-12(17,18)9-26(19,20)21/h4-9H2,1-3H3,(H,19,20,21). The molecule has 0 amide bonds. The van der Waals surface area contributed by atoms with Crippen LogP contribution in [0.3, 0.4) is 0 Å². The van der Waals surface area contributed by atoms with Crippen LogP contribution in [0.25, 0.3) is 0 Å². The monoisotopic (exact) mass is 452 g/mol. The number of hydrogen-bond acceptors (Lipinski definition) is 6. The van der Waals surface area contributed by atoms with E-state index in [0.717, 1.165) is 0 Å². The van der Waals surface area contributed by atoms with Gasteiger partial charge in [-0.3, -0.25) is 9.29 Å². The molecule has 0 atom stereocenters. The highest BCUT2D eigenvalue weighted by Gasteiger charge is 2.47. The summed E-state index contributed by atoms with van der Waals surface area (Å²) in [5, 5.41) is 0. The fourth-order valence-electron chi connectivity index (χ4n) is 1.64. The van der Waals surface area contributed by atoms with Gasteiger partial charge in [0.2, 0.25) is 0 Å². The Morgan fingerprint density at radius 3 is 1.96 bits per heavy atom. The zero-order valence-corrected chi connectivity index (χ0v) is 16.6. The largest absolute Gasteiger partial charge is 0.420 e. The first kappa shape index (κ1) is 26.5. The van der Waals surface area contributed by atoms with Gasteiger partial charge in [0.05, 0.1) is 6.61 Å². The van der Waals surface area contributed by atoms with Gasteiger partial charge < -0.3 is 13.9 Å². The molecule has 0 spiro atoms. The van der Waals surface area contributed by atoms with Crippen LogP contribution in [0.15, 0.2) is 0 Å². The molecule has 0 unspecified atom stereocenters. The van der Waals surface area contributed by atoms with Crippen molar-refractivity contribution >= 4 is 18.4 Å². The van der Waals surface area contributed by atoms with Crippen molar-refractivity contribution in [2.45, 2.75) is 43.9 Å². The summed E-state index contributed by atoms with van der Waals surface area (Å²) in [7, 11) is -5.79. The Morgan fingerprint density at radius 1 is 0.963 bits per heavy atom. The van der Waals surface area contributed by atoms with Crippen molar-refractivity contribution in [3.8, 4) is 0 Å². The van der Waals surface area contributed by atoms with E-state index >= 15 is 0 Å². The lowest BCUT2D eigenvalue weighted by Gasteiger charge is -2.24. The normalized spacial score (nSPS) is 14.6. The summed E-state index contributed by atoms with van der Waals surface area (Å²) >= 11 is 0. The van der Waals surface area contributed by atoms with E-state index in [0.29, 0.717) is 6.04 Å². The molecule has 0 radical (unpaired) electrons. The maximum absolute atomic E-state index is 13.3. The van der Waals surface area contributed by atoms with Crippen molar-refractivity contribution in [3.63, 3.8) is 0 Å². The Bertz CT molecular complexity index is 558. The van der Waals surface area contributed by atoms with Crippen LogP contribution >= 0.6 is 0 Å². The second-order valence-corrected chi connectivity index (χ2v) is 12.0. The summed E-state index contributed by atoms with van der Waals surface area (Å²) in [6.45, 7) is -0.380. The highest BCUT2D eigenvalue weighted by atomic mass is 32.2. The van der Waals surface area contributed by atoms with Gasteiger partial charge in [0.1, 0.15) is 13.2 Å². The van der Waals surface area contributed by atoms with Gasteiger partial charge >= 0.3 is 18.3 Å². The van der Waals surface area contributed by atoms with Crippen molar-refractivity contribution in [3.05, 3.63) is 0 Å². The molecule has 0 aliphatic heterocycles. The third kappa shape index (κ3) is 14.2. The van der Waals surface area contributed by atoms with Crippen LogP contribution in [0.4, 0.5) is 26.3 Å². The quantitative estimate of drug-likeness (QED) is 0.188. The summed E-state index contributed by atoms with van der Waals surface area (Å²) in [6, 6.07) is 0.509. The van der Waals surface area contributed by atoms with E-state index < -0.39 is 62.3 Å². The first-order chi connectivity index (χ1) is 11.9. The molecule has 0 saturated carbocycles. The molecule has 0 aliphatic rings. The number of halogens is 6. The van der Waals surface area contributed by atoms with Crippen LogP contribution in [0, 0.1) is 0 Å². The highest BCUT2D eigenvalue weighted by Crippen LogP contribution is 2.29. The van der Waals surface area contributed by atoms with Crippen LogP contribution in [0.2, 0.25) is 19.1 Å². The van der Waals surface area contributed by atoms with Gasteiger partial charge in [-0.2, -0.15) is 34.8 Å². The number of hydrogen-bond donors (Lipinski definition) is 1. The summed E-state index contributed by atoms with van der Waals surface area (Å²) in [5.74, 6) is -2.43. The molecule has 1 N–H and O–H groups in total. The first-order valence-corrected chi connectivity index (χ1v) is 12.2. The maximum Gasteiger partial charge on any atom is 0.383 e. The second kappa shape index (κ2) is 9.84. The van der Waals surface area contributed by atoms with E-state index in [4.69, 9.17) is 8.98 Å². The molecule has 7 nitrogen and oxygen atoms in total. The van der Waals surface area contributed by atoms with E-state index in [2.05, 4.69) is 14.2 Å². The highest BCUT2D eigenvalue weighted by molar-refractivity contribution is 7.85. The van der Waals surface area contributed by atoms with Crippen molar-refractivity contribution in [2.75, 3.05) is 32.7 Å². The molecule has 0 aliphatic carbocycles. The Balaban J connectivity index is 4.34. The molecule has 0 aromatic heterocycles. The molecule has 164 valence electrons. The minimum Gasteiger partial charge on any atom is -0.420 e. The van der Waals surface area contributed by atoms with E-state index in [1.165, 1.54) is 7.11 Å². The summed E-state index contributed by atoms with van der Waals surface area (Å²) in [6.07, 6.45) is -13.5. The van der Waals surface area contributed by atoms with Crippen LogP contribution in [-0.2, 0) is 28.8 Å². The number of ether oxygens (including phenoxy) is 3.